The van der Waals surface area contributed by atoms with E-state index in [0.717, 1.165) is 0 Å². The maximum atomic E-state index is 12.2. The molecule has 1 aromatic carbocycles. The monoisotopic (exact) mass is 212 g/mol. The molecule has 0 unspecified atom stereocenters. The largest absolute Gasteiger partial charge is 1.00 e. The molecule has 0 amide bonds. The summed E-state index contributed by atoms with van der Waals surface area (Å²) in [4.78, 5) is 0. The van der Waals surface area contributed by atoms with Crippen molar-refractivity contribution >= 4 is 12.4 Å². The molecule has 0 aliphatic heterocycles. The van der Waals surface area contributed by atoms with Crippen LogP contribution in [0.4, 0.5) is 12.9 Å². The number of hydrogen-bond acceptors (Lipinski definition) is 0. The third kappa shape index (κ3) is 4.17. The molecule has 0 spiro atoms. The van der Waals surface area contributed by atoms with Gasteiger partial charge in [-0.15, -0.1) is 5.46 Å². The van der Waals surface area contributed by atoms with Crippen molar-refractivity contribution in [1.82, 2.24) is 0 Å². The summed E-state index contributed by atoms with van der Waals surface area (Å²) in [7, 11) is 0. The summed E-state index contributed by atoms with van der Waals surface area (Å²) < 4.78 is 36.6. The third-order valence-corrected chi connectivity index (χ3v) is 1.62. The van der Waals surface area contributed by atoms with Gasteiger partial charge in [0.15, 0.2) is 0 Å². The van der Waals surface area contributed by atoms with Gasteiger partial charge < -0.3 is 12.9 Å². The van der Waals surface area contributed by atoms with E-state index < -0.39 is 12.4 Å². The first-order valence-corrected chi connectivity index (χ1v) is 3.68. The van der Waals surface area contributed by atoms with E-state index in [2.05, 4.69) is 0 Å². The molecular formula is C8H9BF3K. The van der Waals surface area contributed by atoms with Crippen LogP contribution >= 0.6 is 0 Å². The van der Waals surface area contributed by atoms with Gasteiger partial charge in [-0.2, -0.15) is 0 Å². The second kappa shape index (κ2) is 4.98. The Balaban J connectivity index is 0.00000144. The molecule has 0 saturated carbocycles. The van der Waals surface area contributed by atoms with Gasteiger partial charge >= 0.3 is 58.4 Å². The number of rotatable bonds is 1. The van der Waals surface area contributed by atoms with E-state index in [0.29, 0.717) is 11.1 Å². The van der Waals surface area contributed by atoms with Gasteiger partial charge in [-0.05, 0) is 13.8 Å². The number of aryl methyl sites for hydroxylation is 2. The molecule has 0 aromatic heterocycles. The van der Waals surface area contributed by atoms with Crippen LogP contribution in [0.25, 0.3) is 0 Å². The molecule has 0 saturated heterocycles. The van der Waals surface area contributed by atoms with Crippen molar-refractivity contribution in [2.24, 2.45) is 0 Å². The second-order valence-electron chi connectivity index (χ2n) is 3.00. The van der Waals surface area contributed by atoms with Gasteiger partial charge in [0, 0.05) is 0 Å². The normalized spacial score (nSPS) is 10.8. The standard InChI is InChI=1S/C8H9BF3.K/c1-6-3-7(2)5-8(4-6)9(10,11)12;/h3-5H,1-2H3;/q-1;+1. The molecule has 0 aliphatic carbocycles. The Labute approximate surface area is 118 Å². The van der Waals surface area contributed by atoms with E-state index in [1.807, 2.05) is 0 Å². The fourth-order valence-electron chi connectivity index (χ4n) is 1.20. The Morgan fingerprint density at radius 2 is 1.31 bits per heavy atom. The zero-order chi connectivity index (χ0) is 9.35. The van der Waals surface area contributed by atoms with E-state index in [1.165, 1.54) is 12.1 Å². The quantitative estimate of drug-likeness (QED) is 0.543. The van der Waals surface area contributed by atoms with Crippen LogP contribution in [0.2, 0.25) is 0 Å². The van der Waals surface area contributed by atoms with Crippen molar-refractivity contribution in [3.63, 3.8) is 0 Å². The van der Waals surface area contributed by atoms with Gasteiger partial charge in [-0.25, -0.2) is 0 Å². The fraction of sp³-hybridized carbons (Fsp3) is 0.250. The fourth-order valence-corrected chi connectivity index (χ4v) is 1.20. The van der Waals surface area contributed by atoms with Crippen molar-refractivity contribution in [3.8, 4) is 0 Å². The number of benzene rings is 1. The Bertz CT molecular complexity index is 276. The van der Waals surface area contributed by atoms with Crippen LogP contribution in [0, 0.1) is 13.8 Å². The first-order chi connectivity index (χ1) is 5.39. The minimum absolute atomic E-state index is 0. The Kier molecular flexibility index (Phi) is 5.25. The van der Waals surface area contributed by atoms with Gasteiger partial charge in [0.05, 0.1) is 0 Å². The molecular weight excluding hydrogens is 203 g/mol. The number of halogens is 3. The Hall–Kier alpha value is 0.711. The van der Waals surface area contributed by atoms with Crippen LogP contribution in [0.1, 0.15) is 11.1 Å². The molecule has 0 N–H and O–H groups in total. The summed E-state index contributed by atoms with van der Waals surface area (Å²) in [6.07, 6.45) is 0. The summed E-state index contributed by atoms with van der Waals surface area (Å²) in [5.41, 5.74) is 0.806. The van der Waals surface area contributed by atoms with Gasteiger partial charge in [0.2, 0.25) is 0 Å². The summed E-state index contributed by atoms with van der Waals surface area (Å²) in [6, 6.07) is 4.07. The average molecular weight is 212 g/mol. The minimum Gasteiger partial charge on any atom is -0.445 e. The Morgan fingerprint density at radius 1 is 0.923 bits per heavy atom. The summed E-state index contributed by atoms with van der Waals surface area (Å²) >= 11 is 0. The maximum Gasteiger partial charge on any atom is 1.00 e. The van der Waals surface area contributed by atoms with Crippen LogP contribution in [-0.2, 0) is 0 Å². The van der Waals surface area contributed by atoms with Crippen molar-refractivity contribution in [3.05, 3.63) is 29.3 Å². The van der Waals surface area contributed by atoms with Gasteiger partial charge in [-0.3, -0.25) is 0 Å². The minimum atomic E-state index is -4.84. The topological polar surface area (TPSA) is 0 Å². The first kappa shape index (κ1) is 13.7. The van der Waals surface area contributed by atoms with E-state index in [4.69, 9.17) is 0 Å². The van der Waals surface area contributed by atoms with Crippen LogP contribution in [0.3, 0.4) is 0 Å². The predicted molar refractivity (Wildman–Crippen MR) is 44.6 cm³/mol. The maximum absolute atomic E-state index is 12.2. The molecule has 0 radical (unpaired) electrons. The van der Waals surface area contributed by atoms with Crippen molar-refractivity contribution < 1.29 is 64.3 Å². The predicted octanol–water partition coefficient (Wildman–Crippen LogP) is -0.638. The molecule has 66 valence electrons. The molecule has 1 rings (SSSR count). The van der Waals surface area contributed by atoms with Crippen LogP contribution in [-0.4, -0.2) is 6.98 Å². The zero-order valence-corrected chi connectivity index (χ0v) is 11.1. The van der Waals surface area contributed by atoms with Gasteiger partial charge in [-0.1, -0.05) is 29.3 Å². The van der Waals surface area contributed by atoms with Crippen LogP contribution < -0.4 is 56.8 Å². The molecule has 0 heterocycles. The Morgan fingerprint density at radius 3 is 1.62 bits per heavy atom. The zero-order valence-electron chi connectivity index (χ0n) is 7.94. The van der Waals surface area contributed by atoms with Crippen LogP contribution in [0.15, 0.2) is 18.2 Å². The van der Waals surface area contributed by atoms with Gasteiger partial charge in [0.1, 0.15) is 0 Å². The molecule has 13 heavy (non-hydrogen) atoms. The van der Waals surface area contributed by atoms with Crippen molar-refractivity contribution in [2.45, 2.75) is 13.8 Å². The molecule has 0 aliphatic rings. The third-order valence-electron chi connectivity index (χ3n) is 1.62. The smallest absolute Gasteiger partial charge is 0.445 e. The molecule has 0 fully saturated rings. The van der Waals surface area contributed by atoms with Crippen molar-refractivity contribution in [1.29, 1.82) is 0 Å². The molecule has 0 atom stereocenters. The molecule has 1 aromatic rings. The molecule has 5 heteroatoms. The summed E-state index contributed by atoms with van der Waals surface area (Å²) in [5.74, 6) is 0. The number of hydrogen-bond donors (Lipinski definition) is 0. The van der Waals surface area contributed by atoms with E-state index >= 15 is 0 Å². The van der Waals surface area contributed by atoms with E-state index in [9.17, 15) is 12.9 Å². The average Bonchev–Trinajstić information content (AvgIpc) is 1.82. The molecule has 0 nitrogen and oxygen atoms in total. The summed E-state index contributed by atoms with van der Waals surface area (Å²) in [6.45, 7) is -1.51. The van der Waals surface area contributed by atoms with Crippen molar-refractivity contribution in [2.75, 3.05) is 0 Å². The second-order valence-corrected chi connectivity index (χ2v) is 3.00. The van der Waals surface area contributed by atoms with Crippen LogP contribution in [0.5, 0.6) is 0 Å². The van der Waals surface area contributed by atoms with Gasteiger partial charge in [0.25, 0.3) is 0 Å². The van der Waals surface area contributed by atoms with E-state index in [1.54, 1.807) is 19.9 Å². The van der Waals surface area contributed by atoms with E-state index in [-0.39, 0.29) is 51.4 Å². The summed E-state index contributed by atoms with van der Waals surface area (Å²) in [5, 5.41) is 0. The molecule has 0 bridgehead atoms. The SMILES string of the molecule is Cc1cc(C)cc([B-](F)(F)F)c1.[K+]. The first-order valence-electron chi connectivity index (χ1n) is 3.68.